The topological polar surface area (TPSA) is 105 Å². The molecule has 0 aliphatic carbocycles. The fourth-order valence-corrected chi connectivity index (χ4v) is 5.59. The predicted molar refractivity (Wildman–Crippen MR) is 153 cm³/mol. The minimum Gasteiger partial charge on any atom is -0.486 e. The van der Waals surface area contributed by atoms with Crippen LogP contribution in [0.1, 0.15) is 45.1 Å². The van der Waals surface area contributed by atoms with Gasteiger partial charge in [-0.25, -0.2) is 8.42 Å². The number of ether oxygens (including phenoxy) is 2. The van der Waals surface area contributed by atoms with Gasteiger partial charge in [0, 0.05) is 32.1 Å². The van der Waals surface area contributed by atoms with Gasteiger partial charge in [-0.05, 0) is 49.1 Å². The van der Waals surface area contributed by atoms with Gasteiger partial charge in [0.15, 0.2) is 11.5 Å². The normalized spacial score (nSPS) is 13.5. The van der Waals surface area contributed by atoms with Crippen molar-refractivity contribution in [2.45, 2.75) is 52.1 Å². The Kier molecular flexibility index (Phi) is 11.1. The number of rotatable bonds is 13. The molecule has 1 unspecified atom stereocenters. The molecule has 214 valence electrons. The van der Waals surface area contributed by atoms with E-state index >= 15 is 0 Å². The number of hydrogen-bond acceptors (Lipinski definition) is 6. The van der Waals surface area contributed by atoms with Gasteiger partial charge in [0.2, 0.25) is 21.8 Å². The van der Waals surface area contributed by atoms with Crippen LogP contribution in [0.25, 0.3) is 0 Å². The van der Waals surface area contributed by atoms with Crippen LogP contribution in [-0.4, -0.2) is 63.7 Å². The molecule has 0 saturated heterocycles. The Balaban J connectivity index is 1.77. The standard InChI is InChI=1S/C27H35Cl2N3O6S/c1-4-12-30-27(34)23(5-2)31(18-19-8-10-21(28)22(29)16-19)26(33)7-6-13-32(39(3,35)36)20-9-11-24-25(17-20)38-15-14-37-24/h8-11,16-17,23H,4-7,12-15,18H2,1-3H3,(H,30,34). The molecule has 1 aliphatic rings. The number of benzene rings is 2. The van der Waals surface area contributed by atoms with Crippen molar-refractivity contribution in [3.63, 3.8) is 0 Å². The Labute approximate surface area is 240 Å². The minimum absolute atomic E-state index is 0.0372. The highest BCUT2D eigenvalue weighted by Crippen LogP contribution is 2.35. The summed E-state index contributed by atoms with van der Waals surface area (Å²) < 4.78 is 37.6. The van der Waals surface area contributed by atoms with E-state index in [4.69, 9.17) is 32.7 Å². The molecule has 9 nitrogen and oxygen atoms in total. The zero-order valence-electron chi connectivity index (χ0n) is 22.4. The maximum Gasteiger partial charge on any atom is 0.242 e. The van der Waals surface area contributed by atoms with E-state index in [1.807, 2.05) is 13.8 Å². The van der Waals surface area contributed by atoms with Crippen LogP contribution in [0.3, 0.4) is 0 Å². The van der Waals surface area contributed by atoms with Crippen LogP contribution >= 0.6 is 23.2 Å². The summed E-state index contributed by atoms with van der Waals surface area (Å²) in [5.41, 5.74) is 1.15. The second-order valence-corrected chi connectivity index (χ2v) is 12.0. The molecule has 2 aromatic carbocycles. The van der Waals surface area contributed by atoms with Crippen LogP contribution in [-0.2, 0) is 26.2 Å². The summed E-state index contributed by atoms with van der Waals surface area (Å²) in [5, 5.41) is 3.63. The molecule has 0 radical (unpaired) electrons. The molecule has 1 aliphatic heterocycles. The number of hydrogen-bond donors (Lipinski definition) is 1. The van der Waals surface area contributed by atoms with Crippen LogP contribution in [0.4, 0.5) is 5.69 Å². The number of carbonyl (C=O) groups excluding carboxylic acids is 2. The molecular formula is C27H35Cl2N3O6S. The van der Waals surface area contributed by atoms with Crippen molar-refractivity contribution >= 4 is 50.7 Å². The van der Waals surface area contributed by atoms with Gasteiger partial charge in [0.25, 0.3) is 0 Å². The highest BCUT2D eigenvalue weighted by Gasteiger charge is 2.29. The number of fused-ring (bicyclic) bond motifs is 1. The van der Waals surface area contributed by atoms with E-state index in [2.05, 4.69) is 5.32 Å². The highest BCUT2D eigenvalue weighted by atomic mass is 35.5. The molecule has 2 amide bonds. The van der Waals surface area contributed by atoms with Crippen molar-refractivity contribution in [3.8, 4) is 11.5 Å². The van der Waals surface area contributed by atoms with Crippen molar-refractivity contribution in [1.82, 2.24) is 10.2 Å². The number of sulfonamides is 1. The van der Waals surface area contributed by atoms with Crippen LogP contribution in [0, 0.1) is 0 Å². The fraction of sp³-hybridized carbons (Fsp3) is 0.481. The summed E-state index contributed by atoms with van der Waals surface area (Å²) in [6.07, 6.45) is 2.58. The zero-order chi connectivity index (χ0) is 28.6. The smallest absolute Gasteiger partial charge is 0.242 e. The SMILES string of the molecule is CCCNC(=O)C(CC)N(Cc1ccc(Cl)c(Cl)c1)C(=O)CCCN(c1ccc2c(c1)OCCO2)S(C)(=O)=O. The fourth-order valence-electron chi connectivity index (χ4n) is 4.31. The largest absolute Gasteiger partial charge is 0.486 e. The van der Waals surface area contributed by atoms with Crippen molar-refractivity contribution in [2.24, 2.45) is 0 Å². The number of nitrogens with one attached hydrogen (secondary N) is 1. The first kappa shape index (κ1) is 30.8. The molecule has 0 fully saturated rings. The maximum atomic E-state index is 13.5. The highest BCUT2D eigenvalue weighted by molar-refractivity contribution is 7.92. The Hall–Kier alpha value is -2.69. The maximum absolute atomic E-state index is 13.5. The molecule has 39 heavy (non-hydrogen) atoms. The molecule has 3 rings (SSSR count). The Bertz CT molecular complexity index is 1270. The third kappa shape index (κ3) is 8.40. The number of amides is 2. The van der Waals surface area contributed by atoms with E-state index in [-0.39, 0.29) is 37.7 Å². The van der Waals surface area contributed by atoms with E-state index in [1.165, 1.54) is 9.21 Å². The summed E-state index contributed by atoms with van der Waals surface area (Å²) >= 11 is 12.2. The molecule has 0 aromatic heterocycles. The van der Waals surface area contributed by atoms with Crippen molar-refractivity contribution in [3.05, 3.63) is 52.0 Å². The zero-order valence-corrected chi connectivity index (χ0v) is 24.7. The number of anilines is 1. The second-order valence-electron chi connectivity index (χ2n) is 9.25. The van der Waals surface area contributed by atoms with Gasteiger partial charge < -0.3 is 19.7 Å². The first-order valence-corrected chi connectivity index (χ1v) is 15.5. The van der Waals surface area contributed by atoms with Crippen molar-refractivity contribution < 1.29 is 27.5 Å². The molecule has 12 heteroatoms. The molecule has 0 bridgehead atoms. The second kappa shape index (κ2) is 14.1. The first-order chi connectivity index (χ1) is 18.5. The lowest BCUT2D eigenvalue weighted by atomic mass is 10.1. The van der Waals surface area contributed by atoms with E-state index < -0.39 is 16.1 Å². The molecule has 2 aromatic rings. The summed E-state index contributed by atoms with van der Waals surface area (Å²) in [4.78, 5) is 28.0. The van der Waals surface area contributed by atoms with Gasteiger partial charge in [-0.3, -0.25) is 13.9 Å². The summed E-state index contributed by atoms with van der Waals surface area (Å²) in [6.45, 7) is 5.34. The Morgan fingerprint density at radius 2 is 1.74 bits per heavy atom. The third-order valence-electron chi connectivity index (χ3n) is 6.24. The van der Waals surface area contributed by atoms with Crippen LogP contribution < -0.4 is 19.1 Å². The molecule has 1 heterocycles. The van der Waals surface area contributed by atoms with E-state index in [9.17, 15) is 18.0 Å². The van der Waals surface area contributed by atoms with Crippen molar-refractivity contribution in [1.29, 1.82) is 0 Å². The molecular weight excluding hydrogens is 565 g/mol. The third-order valence-corrected chi connectivity index (χ3v) is 8.17. The monoisotopic (exact) mass is 599 g/mol. The Morgan fingerprint density at radius 1 is 1.03 bits per heavy atom. The van der Waals surface area contributed by atoms with E-state index in [0.717, 1.165) is 18.2 Å². The number of halogens is 2. The van der Waals surface area contributed by atoms with Gasteiger partial charge in [0.05, 0.1) is 22.0 Å². The lowest BCUT2D eigenvalue weighted by Gasteiger charge is -2.31. The van der Waals surface area contributed by atoms with Crippen LogP contribution in [0.5, 0.6) is 11.5 Å². The quantitative estimate of drug-likeness (QED) is 0.359. The van der Waals surface area contributed by atoms with Gasteiger partial charge in [-0.15, -0.1) is 0 Å². The van der Waals surface area contributed by atoms with E-state index in [0.29, 0.717) is 53.4 Å². The summed E-state index contributed by atoms with van der Waals surface area (Å²) in [7, 11) is -3.64. The first-order valence-electron chi connectivity index (χ1n) is 12.9. The van der Waals surface area contributed by atoms with Gasteiger partial charge in [-0.2, -0.15) is 0 Å². The minimum atomic E-state index is -3.64. The van der Waals surface area contributed by atoms with Gasteiger partial charge in [-0.1, -0.05) is 43.1 Å². The molecule has 1 atom stereocenters. The van der Waals surface area contributed by atoms with Gasteiger partial charge >= 0.3 is 0 Å². The van der Waals surface area contributed by atoms with E-state index in [1.54, 1.807) is 36.4 Å². The molecule has 0 saturated carbocycles. The average Bonchev–Trinajstić information content (AvgIpc) is 2.90. The summed E-state index contributed by atoms with van der Waals surface area (Å²) in [6, 6.07) is 9.34. The lowest BCUT2D eigenvalue weighted by molar-refractivity contribution is -0.141. The van der Waals surface area contributed by atoms with Crippen molar-refractivity contribution in [2.75, 3.05) is 36.9 Å². The Morgan fingerprint density at radius 3 is 2.38 bits per heavy atom. The van der Waals surface area contributed by atoms with Crippen LogP contribution in [0.2, 0.25) is 10.0 Å². The van der Waals surface area contributed by atoms with Crippen LogP contribution in [0.15, 0.2) is 36.4 Å². The summed E-state index contributed by atoms with van der Waals surface area (Å²) in [5.74, 6) is 0.524. The number of nitrogens with zero attached hydrogens (tertiary/aromatic N) is 2. The number of carbonyl (C=O) groups is 2. The predicted octanol–water partition coefficient (Wildman–Crippen LogP) is 4.64. The lowest BCUT2D eigenvalue weighted by Crippen LogP contribution is -2.49. The average molecular weight is 601 g/mol. The molecule has 1 N–H and O–H groups in total. The van der Waals surface area contributed by atoms with Gasteiger partial charge in [0.1, 0.15) is 19.3 Å². The molecule has 0 spiro atoms.